The summed E-state index contributed by atoms with van der Waals surface area (Å²) in [7, 11) is -0.760. The van der Waals surface area contributed by atoms with Crippen LogP contribution in [0.3, 0.4) is 0 Å². The monoisotopic (exact) mass is 464 g/mol. The molecule has 12 heteroatoms. The molecule has 0 bridgehead atoms. The van der Waals surface area contributed by atoms with Gasteiger partial charge in [0.05, 0.1) is 29.9 Å². The van der Waals surface area contributed by atoms with E-state index in [-0.39, 0.29) is 14.9 Å². The standard InChI is InChI=1S/C16H21ClN4O4S3/c1-16(2,3)10(26-15-19-12(24-4)8-13(20-15)25-5)9-18-21-28(22,23)14-7-6-11(17)27-14/h6-10,21H,1-5H3/b18-9+. The van der Waals surface area contributed by atoms with Crippen LogP contribution < -0.4 is 14.3 Å². The lowest BCUT2D eigenvalue weighted by Gasteiger charge is -2.26. The molecule has 2 heterocycles. The molecule has 1 atom stereocenters. The summed E-state index contributed by atoms with van der Waals surface area (Å²) >= 11 is 8.08. The zero-order chi connectivity index (χ0) is 20.9. The van der Waals surface area contributed by atoms with Gasteiger partial charge in [0.25, 0.3) is 10.0 Å². The number of halogens is 1. The number of hydrogen-bond acceptors (Lipinski definition) is 9. The van der Waals surface area contributed by atoms with Crippen LogP contribution in [-0.4, -0.2) is 44.1 Å². The van der Waals surface area contributed by atoms with Crippen molar-refractivity contribution in [3.05, 3.63) is 22.5 Å². The maximum Gasteiger partial charge on any atom is 0.286 e. The van der Waals surface area contributed by atoms with Gasteiger partial charge < -0.3 is 9.47 Å². The summed E-state index contributed by atoms with van der Waals surface area (Å²) in [6, 6.07) is 4.52. The Balaban J connectivity index is 2.20. The third kappa shape index (κ3) is 6.23. The predicted octanol–water partition coefficient (Wildman–Crippen LogP) is 3.68. The summed E-state index contributed by atoms with van der Waals surface area (Å²) in [5, 5.41) is 4.13. The zero-order valence-corrected chi connectivity index (χ0v) is 19.2. The number of aromatic nitrogens is 2. The number of methoxy groups -OCH3 is 2. The highest BCUT2D eigenvalue weighted by Gasteiger charge is 2.26. The minimum Gasteiger partial charge on any atom is -0.481 e. The first-order valence-corrected chi connectivity index (χ1v) is 11.5. The fourth-order valence-electron chi connectivity index (χ4n) is 1.84. The van der Waals surface area contributed by atoms with Crippen molar-refractivity contribution in [1.82, 2.24) is 14.8 Å². The predicted molar refractivity (Wildman–Crippen MR) is 112 cm³/mol. The molecule has 0 aliphatic carbocycles. The van der Waals surface area contributed by atoms with Gasteiger partial charge in [-0.05, 0) is 17.5 Å². The lowest BCUT2D eigenvalue weighted by atomic mass is 9.92. The fraction of sp³-hybridized carbons (Fsp3) is 0.438. The quantitative estimate of drug-likeness (QED) is 0.275. The molecular formula is C16H21ClN4O4S3. The Kier molecular flexibility index (Phi) is 7.54. The molecule has 0 radical (unpaired) electrons. The lowest BCUT2D eigenvalue weighted by molar-refractivity contribution is 0.364. The van der Waals surface area contributed by atoms with Crippen LogP contribution in [0, 0.1) is 5.41 Å². The molecule has 1 N–H and O–H groups in total. The van der Waals surface area contributed by atoms with Crippen LogP contribution in [0.1, 0.15) is 20.8 Å². The van der Waals surface area contributed by atoms with Gasteiger partial charge in [0, 0.05) is 6.21 Å². The van der Waals surface area contributed by atoms with Crippen molar-refractivity contribution < 1.29 is 17.9 Å². The fourth-order valence-corrected chi connectivity index (χ4v) is 5.10. The molecule has 8 nitrogen and oxygen atoms in total. The molecule has 0 saturated carbocycles. The van der Waals surface area contributed by atoms with E-state index in [9.17, 15) is 8.42 Å². The summed E-state index contributed by atoms with van der Waals surface area (Å²) in [5.41, 5.74) is -0.258. The number of hydrogen-bond donors (Lipinski definition) is 1. The molecule has 2 aromatic heterocycles. The smallest absolute Gasteiger partial charge is 0.286 e. The second kappa shape index (κ2) is 9.29. The SMILES string of the molecule is COc1cc(OC)nc(SC(/C=N/NS(=O)(=O)c2ccc(Cl)s2)C(C)(C)C)n1. The summed E-state index contributed by atoms with van der Waals surface area (Å²) in [6.45, 7) is 6.00. The van der Waals surface area contributed by atoms with Crippen molar-refractivity contribution in [2.45, 2.75) is 35.4 Å². The van der Waals surface area contributed by atoms with Crippen LogP contribution in [-0.2, 0) is 10.0 Å². The van der Waals surface area contributed by atoms with E-state index in [2.05, 4.69) is 19.9 Å². The van der Waals surface area contributed by atoms with Crippen LogP contribution in [0.2, 0.25) is 4.34 Å². The highest BCUT2D eigenvalue weighted by Crippen LogP contribution is 2.34. The van der Waals surface area contributed by atoms with E-state index in [1.54, 1.807) is 6.07 Å². The molecule has 0 aromatic carbocycles. The molecule has 0 aliphatic heterocycles. The number of thiophene rings is 1. The third-order valence-corrected chi connectivity index (χ3v) is 7.78. The Morgan fingerprint density at radius 3 is 2.32 bits per heavy atom. The number of nitrogens with zero attached hydrogens (tertiary/aromatic N) is 3. The van der Waals surface area contributed by atoms with Crippen LogP contribution in [0.4, 0.5) is 0 Å². The molecular weight excluding hydrogens is 444 g/mol. The Morgan fingerprint density at radius 2 is 1.86 bits per heavy atom. The summed E-state index contributed by atoms with van der Waals surface area (Å²) < 4.78 is 35.3. The molecule has 0 fully saturated rings. The highest BCUT2D eigenvalue weighted by molar-refractivity contribution is 8.00. The van der Waals surface area contributed by atoms with Gasteiger partial charge in [-0.15, -0.1) is 11.3 Å². The van der Waals surface area contributed by atoms with Crippen LogP contribution in [0.5, 0.6) is 11.8 Å². The number of hydrazone groups is 1. The molecule has 154 valence electrons. The number of rotatable bonds is 8. The van der Waals surface area contributed by atoms with Crippen molar-refractivity contribution in [3.8, 4) is 11.8 Å². The van der Waals surface area contributed by atoms with Crippen molar-refractivity contribution in [2.24, 2.45) is 10.5 Å². The maximum atomic E-state index is 12.3. The Bertz CT molecular complexity index is 919. The molecule has 2 aromatic rings. The summed E-state index contributed by atoms with van der Waals surface area (Å²) in [5.74, 6) is 0.739. The molecule has 0 aliphatic rings. The number of sulfonamides is 1. The zero-order valence-electron chi connectivity index (χ0n) is 16.0. The first-order valence-electron chi connectivity index (χ1n) is 7.99. The van der Waals surface area contributed by atoms with Gasteiger partial charge in [-0.3, -0.25) is 0 Å². The minimum absolute atomic E-state index is 0.0930. The Hall–Kier alpha value is -1.56. The van der Waals surface area contributed by atoms with Gasteiger partial charge >= 0.3 is 0 Å². The van der Waals surface area contributed by atoms with Crippen LogP contribution in [0.15, 0.2) is 32.7 Å². The van der Waals surface area contributed by atoms with E-state index in [4.69, 9.17) is 21.1 Å². The summed E-state index contributed by atoms with van der Waals surface area (Å²) in [6.07, 6.45) is 1.52. The van der Waals surface area contributed by atoms with Crippen molar-refractivity contribution in [2.75, 3.05) is 14.2 Å². The molecule has 1 unspecified atom stereocenters. The number of nitrogens with one attached hydrogen (secondary N) is 1. The van der Waals surface area contributed by atoms with Crippen molar-refractivity contribution >= 4 is 50.9 Å². The molecule has 0 saturated heterocycles. The van der Waals surface area contributed by atoms with E-state index in [1.807, 2.05) is 20.8 Å². The second-order valence-electron chi connectivity index (χ2n) is 6.57. The Labute approximate surface area is 177 Å². The van der Waals surface area contributed by atoms with Crippen molar-refractivity contribution in [1.29, 1.82) is 0 Å². The first-order chi connectivity index (χ1) is 13.0. The average Bonchev–Trinajstić information content (AvgIpc) is 3.07. The van der Waals surface area contributed by atoms with Gasteiger partial charge in [0.2, 0.25) is 11.8 Å². The summed E-state index contributed by atoms with van der Waals surface area (Å²) in [4.78, 5) is 10.8. The molecule has 0 amide bonds. The highest BCUT2D eigenvalue weighted by atomic mass is 35.5. The van der Waals surface area contributed by atoms with Gasteiger partial charge in [0.15, 0.2) is 5.16 Å². The van der Waals surface area contributed by atoms with Gasteiger partial charge in [0.1, 0.15) is 4.21 Å². The second-order valence-corrected chi connectivity index (χ2v) is 11.3. The van der Waals surface area contributed by atoms with Gasteiger partial charge in [-0.25, -0.2) is 0 Å². The average molecular weight is 465 g/mol. The number of ether oxygens (including phenoxy) is 2. The van der Waals surface area contributed by atoms with Crippen molar-refractivity contribution in [3.63, 3.8) is 0 Å². The van der Waals surface area contributed by atoms with Gasteiger partial charge in [-0.2, -0.15) is 28.3 Å². The first kappa shape index (κ1) is 22.7. The van der Waals surface area contributed by atoms with E-state index < -0.39 is 10.0 Å². The molecule has 0 spiro atoms. The Morgan fingerprint density at radius 1 is 1.25 bits per heavy atom. The van der Waals surface area contributed by atoms with Crippen LogP contribution >= 0.6 is 34.7 Å². The maximum absolute atomic E-state index is 12.3. The molecule has 28 heavy (non-hydrogen) atoms. The topological polar surface area (TPSA) is 103 Å². The normalized spacial score (nSPS) is 13.5. The third-order valence-electron chi connectivity index (χ3n) is 3.36. The largest absolute Gasteiger partial charge is 0.481 e. The van der Waals surface area contributed by atoms with E-state index in [1.165, 1.54) is 44.3 Å². The minimum atomic E-state index is -3.77. The van der Waals surface area contributed by atoms with E-state index in [0.29, 0.717) is 21.3 Å². The van der Waals surface area contributed by atoms with Gasteiger partial charge in [-0.1, -0.05) is 44.1 Å². The number of thioether (sulfide) groups is 1. The van der Waals surface area contributed by atoms with E-state index >= 15 is 0 Å². The molecule has 2 rings (SSSR count). The van der Waals surface area contributed by atoms with E-state index in [0.717, 1.165) is 11.3 Å². The lowest BCUT2D eigenvalue weighted by Crippen LogP contribution is -2.27. The van der Waals surface area contributed by atoms with Crippen LogP contribution in [0.25, 0.3) is 0 Å².